The van der Waals surface area contributed by atoms with Crippen LogP contribution in [-0.4, -0.2) is 4.57 Å². The Hall–Kier alpha value is -7.48. The van der Waals surface area contributed by atoms with Crippen molar-refractivity contribution in [2.75, 3.05) is 0 Å². The van der Waals surface area contributed by atoms with Crippen LogP contribution in [0.2, 0.25) is 0 Å². The average Bonchev–Trinajstić information content (AvgIpc) is 3.68. The van der Waals surface area contributed by atoms with Gasteiger partial charge in [-0.3, -0.25) is 0 Å². The van der Waals surface area contributed by atoms with Crippen LogP contribution in [-0.2, 0) is 5.41 Å². The second-order valence-corrected chi connectivity index (χ2v) is 19.5. The van der Waals surface area contributed by atoms with Crippen molar-refractivity contribution in [1.29, 1.82) is 0 Å². The highest BCUT2D eigenvalue weighted by Crippen LogP contribution is 2.47. The first-order valence-corrected chi connectivity index (χ1v) is 23.2. The molecule has 0 N–H and O–H groups in total. The molecule has 0 fully saturated rings. The molecule has 0 amide bonds. The van der Waals surface area contributed by atoms with Crippen molar-refractivity contribution in [3.05, 3.63) is 217 Å². The molecule has 0 aliphatic heterocycles. The standard InChI is InChI=1S/C64H51N/c1-40-19-21-44(22-20-40)56-39-57(55-31-26-48-37-52(64(3,4)5)36-47-25-30-54(56)63(55)62(47)48)45-23-28-53(29-24-45)65-59-32-27-46(38-58(59)61-41(2)13-12-18-60(61)65)51-34-49(42-14-8-6-9-15-42)33-50(35-51)43-16-10-7-11-17-43/h6-12,14-39,41H,13H2,1-5H3. The Balaban J connectivity index is 1.01. The predicted octanol–water partition coefficient (Wildman–Crippen LogP) is 18.0. The van der Waals surface area contributed by atoms with Crippen LogP contribution < -0.4 is 0 Å². The minimum Gasteiger partial charge on any atom is -0.310 e. The van der Waals surface area contributed by atoms with E-state index in [0.717, 1.165) is 6.42 Å². The lowest BCUT2D eigenvalue weighted by Crippen LogP contribution is -2.10. The topological polar surface area (TPSA) is 4.93 Å². The highest BCUT2D eigenvalue weighted by molar-refractivity contribution is 6.28. The Kier molecular flexibility index (Phi) is 9.07. The monoisotopic (exact) mass is 833 g/mol. The zero-order valence-corrected chi connectivity index (χ0v) is 37.8. The zero-order valence-electron chi connectivity index (χ0n) is 37.8. The molecular formula is C64H51N. The zero-order chi connectivity index (χ0) is 44.0. The number of hydrogen-bond acceptors (Lipinski definition) is 0. The highest BCUT2D eigenvalue weighted by Gasteiger charge is 2.25. The normalized spacial score (nSPS) is 14.0. The minimum absolute atomic E-state index is 0.0614. The van der Waals surface area contributed by atoms with Gasteiger partial charge in [-0.05, 0) is 178 Å². The molecule has 65 heavy (non-hydrogen) atoms. The lowest BCUT2D eigenvalue weighted by atomic mass is 9.81. The highest BCUT2D eigenvalue weighted by atomic mass is 15.0. The van der Waals surface area contributed by atoms with Crippen molar-refractivity contribution in [1.82, 2.24) is 4.57 Å². The fourth-order valence-electron chi connectivity index (χ4n) is 10.7. The Morgan fingerprint density at radius 3 is 1.57 bits per heavy atom. The van der Waals surface area contributed by atoms with E-state index in [1.54, 1.807) is 0 Å². The third-order valence-electron chi connectivity index (χ3n) is 14.2. The molecule has 10 aromatic carbocycles. The molecule has 1 aromatic heterocycles. The number of aromatic nitrogens is 1. The van der Waals surface area contributed by atoms with Crippen LogP contribution in [0.5, 0.6) is 0 Å². The third kappa shape index (κ3) is 6.60. The van der Waals surface area contributed by atoms with Gasteiger partial charge in [0.2, 0.25) is 0 Å². The molecule has 0 saturated carbocycles. The van der Waals surface area contributed by atoms with E-state index in [-0.39, 0.29) is 5.41 Å². The molecule has 1 heterocycles. The molecule has 1 heteroatoms. The van der Waals surface area contributed by atoms with E-state index in [1.165, 1.54) is 127 Å². The van der Waals surface area contributed by atoms with Gasteiger partial charge < -0.3 is 4.57 Å². The molecule has 1 aliphatic carbocycles. The van der Waals surface area contributed by atoms with Gasteiger partial charge in [0.25, 0.3) is 0 Å². The summed E-state index contributed by atoms with van der Waals surface area (Å²) in [5.74, 6) is 0.403. The summed E-state index contributed by atoms with van der Waals surface area (Å²) in [5, 5.41) is 9.25. The molecule has 0 saturated heterocycles. The van der Waals surface area contributed by atoms with Gasteiger partial charge >= 0.3 is 0 Å². The number of benzene rings is 10. The van der Waals surface area contributed by atoms with E-state index in [0.29, 0.717) is 5.92 Å². The Morgan fingerprint density at radius 2 is 1.00 bits per heavy atom. The lowest BCUT2D eigenvalue weighted by molar-refractivity contribution is 0.591. The van der Waals surface area contributed by atoms with Crippen molar-refractivity contribution in [3.8, 4) is 61.3 Å². The van der Waals surface area contributed by atoms with E-state index in [4.69, 9.17) is 0 Å². The summed E-state index contributed by atoms with van der Waals surface area (Å²) in [4.78, 5) is 0. The van der Waals surface area contributed by atoms with Gasteiger partial charge in [0.1, 0.15) is 0 Å². The van der Waals surface area contributed by atoms with Gasteiger partial charge in [-0.2, -0.15) is 0 Å². The van der Waals surface area contributed by atoms with Gasteiger partial charge in [-0.25, -0.2) is 0 Å². The minimum atomic E-state index is 0.0614. The van der Waals surface area contributed by atoms with Crippen molar-refractivity contribution >= 4 is 49.3 Å². The Labute approximate surface area is 382 Å². The van der Waals surface area contributed by atoms with Crippen LogP contribution in [0.4, 0.5) is 0 Å². The first kappa shape index (κ1) is 39.1. The maximum atomic E-state index is 2.49. The first-order valence-electron chi connectivity index (χ1n) is 23.2. The number of hydrogen-bond donors (Lipinski definition) is 0. The van der Waals surface area contributed by atoms with Gasteiger partial charge in [0.05, 0.1) is 5.52 Å². The van der Waals surface area contributed by atoms with E-state index in [9.17, 15) is 0 Å². The van der Waals surface area contributed by atoms with Crippen LogP contribution in [0.3, 0.4) is 0 Å². The molecule has 12 rings (SSSR count). The van der Waals surface area contributed by atoms with Crippen molar-refractivity contribution in [2.24, 2.45) is 0 Å². The second-order valence-electron chi connectivity index (χ2n) is 19.5. The van der Waals surface area contributed by atoms with Gasteiger partial charge in [-0.15, -0.1) is 0 Å². The first-order chi connectivity index (χ1) is 31.7. The molecule has 312 valence electrons. The SMILES string of the molecule is Cc1ccc(-c2cc(-c3ccc(-n4c5c(c6cc(-c7cc(-c8ccccc8)cc(-c8ccccc8)c7)ccc64)C(C)CC=C5)cc3)c3ccc4cc(C(C)(C)C)cc5ccc2c3c54)cc1. The fourth-order valence-corrected chi connectivity index (χ4v) is 10.7. The maximum Gasteiger partial charge on any atom is 0.0538 e. The number of allylic oxidation sites excluding steroid dienone is 1. The summed E-state index contributed by atoms with van der Waals surface area (Å²) >= 11 is 0. The third-order valence-corrected chi connectivity index (χ3v) is 14.2. The van der Waals surface area contributed by atoms with Gasteiger partial charge in [-0.1, -0.05) is 179 Å². The largest absolute Gasteiger partial charge is 0.310 e. The number of aryl methyl sites for hydroxylation is 1. The summed E-state index contributed by atoms with van der Waals surface area (Å²) in [6.45, 7) is 11.5. The summed E-state index contributed by atoms with van der Waals surface area (Å²) in [6.07, 6.45) is 5.74. The van der Waals surface area contributed by atoms with Crippen LogP contribution in [0.1, 0.15) is 62.4 Å². The average molecular weight is 834 g/mol. The summed E-state index contributed by atoms with van der Waals surface area (Å²) in [6, 6.07) is 70.8. The molecule has 1 nitrogen and oxygen atoms in total. The van der Waals surface area contributed by atoms with Crippen molar-refractivity contribution in [3.63, 3.8) is 0 Å². The summed E-state index contributed by atoms with van der Waals surface area (Å²) in [5.41, 5.74) is 20.2. The van der Waals surface area contributed by atoms with E-state index >= 15 is 0 Å². The van der Waals surface area contributed by atoms with Crippen LogP contribution >= 0.6 is 0 Å². The molecule has 1 unspecified atom stereocenters. The maximum absolute atomic E-state index is 2.49. The number of fused-ring (bicyclic) bond motifs is 3. The molecule has 1 aliphatic rings. The van der Waals surface area contributed by atoms with Crippen LogP contribution in [0.15, 0.2) is 194 Å². The molecule has 11 aromatic rings. The predicted molar refractivity (Wildman–Crippen MR) is 280 cm³/mol. The van der Waals surface area contributed by atoms with Crippen molar-refractivity contribution in [2.45, 2.75) is 52.4 Å². The number of nitrogens with zero attached hydrogens (tertiary/aromatic N) is 1. The van der Waals surface area contributed by atoms with Gasteiger partial charge in [0, 0.05) is 16.8 Å². The summed E-state index contributed by atoms with van der Waals surface area (Å²) in [7, 11) is 0. The lowest BCUT2D eigenvalue weighted by Gasteiger charge is -2.23. The van der Waals surface area contributed by atoms with Crippen molar-refractivity contribution < 1.29 is 0 Å². The molecule has 0 spiro atoms. The number of rotatable bonds is 6. The fraction of sp³-hybridized carbons (Fsp3) is 0.125. The van der Waals surface area contributed by atoms with Crippen LogP contribution in [0, 0.1) is 6.92 Å². The van der Waals surface area contributed by atoms with E-state index in [1.807, 2.05) is 0 Å². The molecular weight excluding hydrogens is 783 g/mol. The quantitative estimate of drug-likeness (QED) is 0.147. The van der Waals surface area contributed by atoms with Gasteiger partial charge in [0.15, 0.2) is 0 Å². The Bertz CT molecular complexity index is 3560. The molecule has 0 bridgehead atoms. The molecule has 1 atom stereocenters. The van der Waals surface area contributed by atoms with E-state index in [2.05, 4.69) is 239 Å². The Morgan fingerprint density at radius 1 is 0.462 bits per heavy atom. The van der Waals surface area contributed by atoms with E-state index < -0.39 is 0 Å². The molecule has 0 radical (unpaired) electrons. The summed E-state index contributed by atoms with van der Waals surface area (Å²) < 4.78 is 2.49. The van der Waals surface area contributed by atoms with Crippen LogP contribution in [0.25, 0.3) is 111 Å². The second kappa shape index (κ2) is 15.1. The smallest absolute Gasteiger partial charge is 0.0538 e.